The molecular weight excluding hydrogens is 292 g/mol. The molecule has 0 saturated carbocycles. The van der Waals surface area contributed by atoms with Gasteiger partial charge in [-0.3, -0.25) is 9.59 Å². The van der Waals surface area contributed by atoms with Crippen LogP contribution in [0.3, 0.4) is 0 Å². The monoisotopic (exact) mass is 306 g/mol. The average molecular weight is 307 g/mol. The molecule has 0 atom stereocenters. The van der Waals surface area contributed by atoms with Crippen molar-refractivity contribution in [3.05, 3.63) is 46.2 Å². The number of aromatic nitrogens is 2. The minimum Gasteiger partial charge on any atom is -0.494 e. The van der Waals surface area contributed by atoms with Gasteiger partial charge in [0.25, 0.3) is 5.56 Å². The summed E-state index contributed by atoms with van der Waals surface area (Å²) in [6.45, 7) is 2.66. The maximum atomic E-state index is 11.6. The number of H-pyrrole nitrogens is 1. The first-order chi connectivity index (χ1) is 10.1. The quantitative estimate of drug-likeness (QED) is 0.832. The van der Waals surface area contributed by atoms with Crippen molar-refractivity contribution in [3.63, 3.8) is 0 Å². The number of benzene rings is 1. The Morgan fingerprint density at radius 3 is 2.90 bits per heavy atom. The van der Waals surface area contributed by atoms with Gasteiger partial charge >= 0.3 is 0 Å². The van der Waals surface area contributed by atoms with Crippen LogP contribution < -0.4 is 10.3 Å². The lowest BCUT2D eigenvalue weighted by molar-refractivity contribution is -0.111. The van der Waals surface area contributed by atoms with Gasteiger partial charge in [-0.05, 0) is 36.2 Å². The zero-order chi connectivity index (χ0) is 15.2. The van der Waals surface area contributed by atoms with E-state index in [-0.39, 0.29) is 6.42 Å². The molecule has 2 aromatic rings. The number of ether oxygens (including phenoxy) is 1. The third-order valence-electron chi connectivity index (χ3n) is 2.81. The highest BCUT2D eigenvalue weighted by atomic mass is 35.5. The molecule has 0 fully saturated rings. The molecule has 0 bridgehead atoms. The molecule has 21 heavy (non-hydrogen) atoms. The van der Waals surface area contributed by atoms with E-state index < -0.39 is 10.8 Å². The first kappa shape index (κ1) is 15.3. The first-order valence-corrected chi connectivity index (χ1v) is 6.98. The van der Waals surface area contributed by atoms with Crippen LogP contribution in [0.2, 0.25) is 0 Å². The minimum absolute atomic E-state index is 0.127. The number of nitrogens with one attached hydrogen (secondary N) is 1. The second-order valence-electron chi connectivity index (χ2n) is 4.52. The van der Waals surface area contributed by atoms with Crippen molar-refractivity contribution in [1.29, 1.82) is 0 Å². The van der Waals surface area contributed by atoms with E-state index in [1.54, 1.807) is 6.07 Å². The van der Waals surface area contributed by atoms with Gasteiger partial charge in [0, 0.05) is 11.1 Å². The number of rotatable bonds is 6. The first-order valence-electron chi connectivity index (χ1n) is 6.60. The molecule has 1 aromatic heterocycles. The van der Waals surface area contributed by atoms with E-state index in [9.17, 15) is 9.59 Å². The van der Waals surface area contributed by atoms with Crippen LogP contribution in [0, 0.1) is 0 Å². The molecule has 0 aliphatic heterocycles. The van der Waals surface area contributed by atoms with E-state index in [0.29, 0.717) is 17.9 Å². The standard InChI is InChI=1S/C15H15ClN2O3/c1-2-6-21-12-5-3-4-10(7-12)13-8-11(9-14(16)19)15(20)18-17-13/h3-5,7-8H,2,6,9H2,1H3,(H,18,20). The van der Waals surface area contributed by atoms with E-state index in [1.807, 2.05) is 31.2 Å². The van der Waals surface area contributed by atoms with Gasteiger partial charge in [0.2, 0.25) is 5.24 Å². The van der Waals surface area contributed by atoms with Gasteiger partial charge in [0.1, 0.15) is 5.75 Å². The Balaban J connectivity index is 2.33. The normalized spacial score (nSPS) is 10.4. The molecule has 0 unspecified atom stereocenters. The molecule has 6 heteroatoms. The van der Waals surface area contributed by atoms with E-state index in [1.165, 1.54) is 0 Å². The summed E-state index contributed by atoms with van der Waals surface area (Å²) in [5.41, 5.74) is 1.23. The third kappa shape index (κ3) is 4.16. The number of aromatic amines is 1. The zero-order valence-corrected chi connectivity index (χ0v) is 12.3. The fourth-order valence-electron chi connectivity index (χ4n) is 1.84. The van der Waals surface area contributed by atoms with Gasteiger partial charge in [-0.2, -0.15) is 5.10 Å². The van der Waals surface area contributed by atoms with Crippen molar-refractivity contribution in [2.24, 2.45) is 0 Å². The van der Waals surface area contributed by atoms with Crippen LogP contribution in [0.1, 0.15) is 18.9 Å². The van der Waals surface area contributed by atoms with Gasteiger partial charge < -0.3 is 4.74 Å². The van der Waals surface area contributed by atoms with Crippen LogP contribution in [0.4, 0.5) is 0 Å². The fourth-order valence-corrected chi connectivity index (χ4v) is 1.98. The lowest BCUT2D eigenvalue weighted by Gasteiger charge is -2.07. The summed E-state index contributed by atoms with van der Waals surface area (Å²) in [5.74, 6) is 0.734. The van der Waals surface area contributed by atoms with Gasteiger partial charge in [-0.1, -0.05) is 19.1 Å². The average Bonchev–Trinajstić information content (AvgIpc) is 2.47. The third-order valence-corrected chi connectivity index (χ3v) is 2.95. The Labute approximate surface area is 126 Å². The summed E-state index contributed by atoms with van der Waals surface area (Å²) in [6.07, 6.45) is 0.793. The molecule has 0 aliphatic rings. The van der Waals surface area contributed by atoms with Crippen LogP contribution >= 0.6 is 11.6 Å². The van der Waals surface area contributed by atoms with Gasteiger partial charge in [-0.15, -0.1) is 0 Å². The van der Waals surface area contributed by atoms with Crippen molar-refractivity contribution in [2.75, 3.05) is 6.61 Å². The molecule has 1 N–H and O–H groups in total. The van der Waals surface area contributed by atoms with E-state index in [2.05, 4.69) is 10.2 Å². The minimum atomic E-state index is -0.585. The molecule has 2 rings (SSSR count). The summed E-state index contributed by atoms with van der Waals surface area (Å²) in [6, 6.07) is 8.96. The Morgan fingerprint density at radius 2 is 2.19 bits per heavy atom. The van der Waals surface area contributed by atoms with E-state index >= 15 is 0 Å². The second kappa shape index (κ2) is 7.04. The van der Waals surface area contributed by atoms with E-state index in [4.69, 9.17) is 16.3 Å². The zero-order valence-electron chi connectivity index (χ0n) is 11.6. The van der Waals surface area contributed by atoms with Gasteiger partial charge in [-0.25, -0.2) is 5.10 Å². The van der Waals surface area contributed by atoms with Crippen molar-refractivity contribution in [1.82, 2.24) is 10.2 Å². The number of hydrogen-bond donors (Lipinski definition) is 1. The maximum Gasteiger partial charge on any atom is 0.267 e. The summed E-state index contributed by atoms with van der Waals surface area (Å²) < 4.78 is 5.56. The molecular formula is C15H15ClN2O3. The van der Waals surface area contributed by atoms with Crippen molar-refractivity contribution >= 4 is 16.8 Å². The Hall–Kier alpha value is -2.14. The number of halogens is 1. The summed E-state index contributed by atoms with van der Waals surface area (Å²) >= 11 is 5.33. The summed E-state index contributed by atoms with van der Waals surface area (Å²) in [5, 5.41) is 5.78. The predicted octanol–water partition coefficient (Wildman–Crippen LogP) is 2.53. The maximum absolute atomic E-state index is 11.6. The molecule has 0 aliphatic carbocycles. The SMILES string of the molecule is CCCOc1cccc(-c2cc(CC(=O)Cl)c(=O)[nH]n2)c1. The fraction of sp³-hybridized carbons (Fsp3) is 0.267. The van der Waals surface area contributed by atoms with Crippen LogP contribution in [-0.2, 0) is 11.2 Å². The van der Waals surface area contributed by atoms with Crippen LogP contribution in [0.25, 0.3) is 11.3 Å². The molecule has 110 valence electrons. The molecule has 0 radical (unpaired) electrons. The second-order valence-corrected chi connectivity index (χ2v) is 4.94. The molecule has 1 heterocycles. The highest BCUT2D eigenvalue weighted by molar-refractivity contribution is 6.63. The van der Waals surface area contributed by atoms with E-state index in [0.717, 1.165) is 17.7 Å². The predicted molar refractivity (Wildman–Crippen MR) is 80.6 cm³/mol. The Kier molecular flexibility index (Phi) is 5.11. The van der Waals surface area contributed by atoms with Crippen molar-refractivity contribution in [2.45, 2.75) is 19.8 Å². The number of carbonyl (C=O) groups is 1. The Bertz CT molecular complexity index is 697. The number of nitrogens with zero attached hydrogens (tertiary/aromatic N) is 1. The van der Waals surface area contributed by atoms with Crippen LogP contribution in [0.5, 0.6) is 5.75 Å². The summed E-state index contributed by atoms with van der Waals surface area (Å²) in [4.78, 5) is 22.6. The van der Waals surface area contributed by atoms with Crippen LogP contribution in [-0.4, -0.2) is 22.0 Å². The topological polar surface area (TPSA) is 72.1 Å². The summed E-state index contributed by atoms with van der Waals surface area (Å²) in [7, 11) is 0. The highest BCUT2D eigenvalue weighted by Crippen LogP contribution is 2.22. The number of hydrogen-bond acceptors (Lipinski definition) is 4. The molecule has 5 nitrogen and oxygen atoms in total. The largest absolute Gasteiger partial charge is 0.494 e. The van der Waals surface area contributed by atoms with Crippen LogP contribution in [0.15, 0.2) is 35.1 Å². The smallest absolute Gasteiger partial charge is 0.267 e. The lowest BCUT2D eigenvalue weighted by Crippen LogP contribution is -2.16. The van der Waals surface area contributed by atoms with Crippen molar-refractivity contribution in [3.8, 4) is 17.0 Å². The Morgan fingerprint density at radius 1 is 1.38 bits per heavy atom. The molecule has 0 saturated heterocycles. The number of carbonyl (C=O) groups excluding carboxylic acids is 1. The van der Waals surface area contributed by atoms with Crippen molar-refractivity contribution < 1.29 is 9.53 Å². The molecule has 0 amide bonds. The highest BCUT2D eigenvalue weighted by Gasteiger charge is 2.09. The van der Waals surface area contributed by atoms with Gasteiger partial charge in [0.15, 0.2) is 0 Å². The lowest BCUT2D eigenvalue weighted by atomic mass is 10.1. The molecule has 0 spiro atoms. The van der Waals surface area contributed by atoms with Gasteiger partial charge in [0.05, 0.1) is 18.7 Å². The molecule has 1 aromatic carbocycles.